The van der Waals surface area contributed by atoms with Gasteiger partial charge in [0.25, 0.3) is 0 Å². The van der Waals surface area contributed by atoms with Gasteiger partial charge in [-0.2, -0.15) is 4.98 Å². The summed E-state index contributed by atoms with van der Waals surface area (Å²) in [5, 5.41) is 4.13. The van der Waals surface area contributed by atoms with Gasteiger partial charge in [0.05, 0.1) is 19.3 Å². The zero-order valence-corrected chi connectivity index (χ0v) is 18.9. The van der Waals surface area contributed by atoms with Crippen molar-refractivity contribution < 1.29 is 13.7 Å². The number of hydrogen-bond acceptors (Lipinski definition) is 8. The molecule has 8 heteroatoms. The summed E-state index contributed by atoms with van der Waals surface area (Å²) in [6, 6.07) is 15.9. The highest BCUT2D eigenvalue weighted by Gasteiger charge is 2.21. The van der Waals surface area contributed by atoms with Gasteiger partial charge in [-0.05, 0) is 43.3 Å². The van der Waals surface area contributed by atoms with Crippen LogP contribution in [0.4, 0.5) is 0 Å². The average Bonchev–Trinajstić information content (AvgIpc) is 3.51. The van der Waals surface area contributed by atoms with Gasteiger partial charge in [0.2, 0.25) is 17.6 Å². The van der Waals surface area contributed by atoms with Gasteiger partial charge in [-0.1, -0.05) is 22.9 Å². The van der Waals surface area contributed by atoms with Crippen LogP contribution in [-0.4, -0.2) is 58.2 Å². The Hall–Kier alpha value is -3.49. The van der Waals surface area contributed by atoms with Gasteiger partial charge < -0.3 is 13.7 Å². The van der Waals surface area contributed by atoms with Crippen molar-refractivity contribution in [1.29, 1.82) is 0 Å². The molecule has 0 aliphatic carbocycles. The van der Waals surface area contributed by atoms with E-state index in [2.05, 4.69) is 44.0 Å². The lowest BCUT2D eigenvalue weighted by molar-refractivity contribution is 0.111. The molecule has 5 rings (SSSR count). The fourth-order valence-corrected chi connectivity index (χ4v) is 3.91. The number of piperazine rings is 1. The Morgan fingerprint density at radius 1 is 0.848 bits per heavy atom. The first kappa shape index (κ1) is 21.4. The van der Waals surface area contributed by atoms with Crippen LogP contribution in [0.3, 0.4) is 0 Å². The monoisotopic (exact) mass is 445 g/mol. The molecule has 1 aliphatic rings. The number of methoxy groups -OCH3 is 1. The van der Waals surface area contributed by atoms with Crippen molar-refractivity contribution in [2.24, 2.45) is 0 Å². The maximum Gasteiger partial charge on any atom is 0.241 e. The van der Waals surface area contributed by atoms with Crippen LogP contribution in [0.1, 0.15) is 17.1 Å². The van der Waals surface area contributed by atoms with Crippen LogP contribution in [-0.2, 0) is 13.1 Å². The zero-order valence-electron chi connectivity index (χ0n) is 18.9. The molecule has 1 saturated heterocycles. The second kappa shape index (κ2) is 9.56. The molecule has 4 aromatic rings. The molecule has 0 unspecified atom stereocenters. The minimum atomic E-state index is 0.599. The highest BCUT2D eigenvalue weighted by molar-refractivity contribution is 5.55. The lowest BCUT2D eigenvalue weighted by atomic mass is 10.1. The summed E-state index contributed by atoms with van der Waals surface area (Å²) in [5.74, 6) is 2.71. The van der Waals surface area contributed by atoms with E-state index in [0.29, 0.717) is 24.2 Å². The van der Waals surface area contributed by atoms with Crippen LogP contribution in [0.2, 0.25) is 0 Å². The fraction of sp³-hybridized carbons (Fsp3) is 0.320. The smallest absolute Gasteiger partial charge is 0.241 e. The molecule has 0 radical (unpaired) electrons. The Morgan fingerprint density at radius 2 is 1.52 bits per heavy atom. The van der Waals surface area contributed by atoms with Gasteiger partial charge in [0, 0.05) is 43.9 Å². The molecule has 0 saturated carbocycles. The lowest BCUT2D eigenvalue weighted by Gasteiger charge is -2.33. The minimum absolute atomic E-state index is 0.599. The Labute approximate surface area is 192 Å². The highest BCUT2D eigenvalue weighted by Crippen LogP contribution is 2.22. The number of aryl methyl sites for hydroxylation is 1. The Bertz CT molecular complexity index is 1180. The highest BCUT2D eigenvalue weighted by atomic mass is 16.5. The van der Waals surface area contributed by atoms with Crippen molar-refractivity contribution >= 4 is 0 Å². The number of hydrogen-bond donors (Lipinski definition) is 0. The first-order valence-electron chi connectivity index (χ1n) is 11.1. The van der Waals surface area contributed by atoms with E-state index in [1.54, 1.807) is 13.4 Å². The van der Waals surface area contributed by atoms with Gasteiger partial charge in [-0.3, -0.25) is 9.80 Å². The van der Waals surface area contributed by atoms with Gasteiger partial charge in [-0.25, -0.2) is 4.98 Å². The van der Waals surface area contributed by atoms with E-state index in [0.717, 1.165) is 55.3 Å². The van der Waals surface area contributed by atoms with E-state index in [1.165, 1.54) is 5.56 Å². The molecule has 2 aromatic heterocycles. The molecule has 0 atom stereocenters. The summed E-state index contributed by atoms with van der Waals surface area (Å²) in [6.07, 6.45) is 1.76. The summed E-state index contributed by atoms with van der Waals surface area (Å²) in [7, 11) is 1.65. The zero-order chi connectivity index (χ0) is 22.6. The van der Waals surface area contributed by atoms with Gasteiger partial charge in [-0.15, -0.1) is 0 Å². The van der Waals surface area contributed by atoms with Crippen molar-refractivity contribution in [1.82, 2.24) is 24.9 Å². The van der Waals surface area contributed by atoms with Crippen molar-refractivity contribution in [3.63, 3.8) is 0 Å². The number of nitrogens with zero attached hydrogens (tertiary/aromatic N) is 5. The van der Waals surface area contributed by atoms with Crippen LogP contribution < -0.4 is 4.74 Å². The van der Waals surface area contributed by atoms with Crippen molar-refractivity contribution in [2.45, 2.75) is 20.0 Å². The number of rotatable bonds is 7. The van der Waals surface area contributed by atoms with Crippen molar-refractivity contribution in [3.8, 4) is 28.6 Å². The molecule has 2 aromatic carbocycles. The van der Waals surface area contributed by atoms with E-state index in [4.69, 9.17) is 13.7 Å². The summed E-state index contributed by atoms with van der Waals surface area (Å²) in [4.78, 5) is 14.0. The predicted octanol–water partition coefficient (Wildman–Crippen LogP) is 4.03. The Balaban J connectivity index is 1.12. The maximum atomic E-state index is 5.70. The molecule has 0 amide bonds. The molecule has 0 spiro atoms. The van der Waals surface area contributed by atoms with Crippen LogP contribution in [0.15, 0.2) is 63.7 Å². The fourth-order valence-electron chi connectivity index (χ4n) is 3.91. The number of aromatic nitrogens is 3. The first-order chi connectivity index (χ1) is 16.2. The van der Waals surface area contributed by atoms with E-state index in [1.807, 2.05) is 36.4 Å². The van der Waals surface area contributed by atoms with Gasteiger partial charge >= 0.3 is 0 Å². The normalized spacial score (nSPS) is 15.1. The third kappa shape index (κ3) is 5.13. The van der Waals surface area contributed by atoms with Crippen LogP contribution >= 0.6 is 0 Å². The van der Waals surface area contributed by atoms with Crippen LogP contribution in [0.5, 0.6) is 5.75 Å². The molecule has 33 heavy (non-hydrogen) atoms. The van der Waals surface area contributed by atoms with Crippen molar-refractivity contribution in [3.05, 3.63) is 71.9 Å². The molecular weight excluding hydrogens is 418 g/mol. The summed E-state index contributed by atoms with van der Waals surface area (Å²) in [6.45, 7) is 7.27. The first-order valence-corrected chi connectivity index (χ1v) is 11.1. The molecule has 0 N–H and O–H groups in total. The molecule has 1 fully saturated rings. The molecule has 1 aliphatic heterocycles. The molecular formula is C25H27N5O3. The van der Waals surface area contributed by atoms with Crippen molar-refractivity contribution in [2.75, 3.05) is 33.3 Å². The Morgan fingerprint density at radius 3 is 2.21 bits per heavy atom. The van der Waals surface area contributed by atoms with E-state index in [-0.39, 0.29) is 0 Å². The van der Waals surface area contributed by atoms with E-state index < -0.39 is 0 Å². The molecule has 8 nitrogen and oxygen atoms in total. The van der Waals surface area contributed by atoms with Gasteiger partial charge in [0.15, 0.2) is 0 Å². The third-order valence-corrected chi connectivity index (χ3v) is 5.88. The third-order valence-electron chi connectivity index (χ3n) is 5.88. The summed E-state index contributed by atoms with van der Waals surface area (Å²) >= 11 is 0. The van der Waals surface area contributed by atoms with Crippen LogP contribution in [0, 0.1) is 6.92 Å². The van der Waals surface area contributed by atoms with E-state index in [9.17, 15) is 0 Å². The topological polar surface area (TPSA) is 80.7 Å². The average molecular weight is 446 g/mol. The molecule has 0 bridgehead atoms. The largest absolute Gasteiger partial charge is 0.497 e. The number of oxazole rings is 1. The van der Waals surface area contributed by atoms with Gasteiger partial charge in [0.1, 0.15) is 12.0 Å². The predicted molar refractivity (Wildman–Crippen MR) is 124 cm³/mol. The molecule has 170 valence electrons. The minimum Gasteiger partial charge on any atom is -0.497 e. The molecule has 3 heterocycles. The summed E-state index contributed by atoms with van der Waals surface area (Å²) in [5.41, 5.74) is 4.10. The summed E-state index contributed by atoms with van der Waals surface area (Å²) < 4.78 is 16.4. The maximum absolute atomic E-state index is 5.70. The Kier molecular flexibility index (Phi) is 6.19. The number of benzene rings is 2. The quantitative estimate of drug-likeness (QED) is 0.422. The second-order valence-corrected chi connectivity index (χ2v) is 8.30. The van der Waals surface area contributed by atoms with Crippen LogP contribution in [0.25, 0.3) is 22.8 Å². The lowest BCUT2D eigenvalue weighted by Crippen LogP contribution is -2.45. The standard InChI is InChI=1S/C25H27N5O3/c1-18-3-5-20(6-4-18)25-26-21(17-32-25)15-29-11-13-30(14-12-29)16-23-27-24(28-33-23)19-7-9-22(31-2)10-8-19/h3-10,17H,11-16H2,1-2H3. The number of ether oxygens (including phenoxy) is 1. The second-order valence-electron chi connectivity index (χ2n) is 8.30. The SMILES string of the molecule is COc1ccc(-c2noc(CN3CCN(Cc4coc(-c5ccc(C)cc5)n4)CC3)n2)cc1. The van der Waals surface area contributed by atoms with E-state index >= 15 is 0 Å².